The van der Waals surface area contributed by atoms with Crippen molar-refractivity contribution in [3.8, 4) is 11.3 Å². The van der Waals surface area contributed by atoms with E-state index in [1.54, 1.807) is 0 Å². The summed E-state index contributed by atoms with van der Waals surface area (Å²) in [5.74, 6) is -0.212. The maximum absolute atomic E-state index is 13.1. The average Bonchev–Trinajstić information content (AvgIpc) is 2.49. The lowest BCUT2D eigenvalue weighted by Crippen LogP contribution is -2.12. The van der Waals surface area contributed by atoms with Gasteiger partial charge >= 0.3 is 0 Å². The van der Waals surface area contributed by atoms with Crippen LogP contribution in [0.1, 0.15) is 30.2 Å². The monoisotopic (exact) mass is 286 g/mol. The Morgan fingerprint density at radius 2 is 1.86 bits per heavy atom. The molecule has 0 aliphatic heterocycles. The molecule has 0 spiro atoms. The van der Waals surface area contributed by atoms with Crippen LogP contribution in [0.5, 0.6) is 0 Å². The Morgan fingerprint density at radius 3 is 2.48 bits per heavy atom. The minimum atomic E-state index is -0.212. The van der Waals surface area contributed by atoms with Crippen LogP contribution in [-0.4, -0.2) is 18.6 Å². The minimum Gasteiger partial charge on any atom is -0.319 e. The standard InChI is InChI=1S/C18H23FN2/c1-4-5-15-12-17(10-11-20-3)21-18(13(15)2)14-6-8-16(19)9-7-14/h6-9,12,20H,4-5,10-11H2,1-3H3. The maximum Gasteiger partial charge on any atom is 0.123 e. The lowest BCUT2D eigenvalue weighted by molar-refractivity contribution is 0.628. The van der Waals surface area contributed by atoms with Crippen molar-refractivity contribution >= 4 is 0 Å². The molecule has 2 rings (SSSR count). The summed E-state index contributed by atoms with van der Waals surface area (Å²) in [5, 5.41) is 3.16. The van der Waals surface area contributed by atoms with Gasteiger partial charge in [-0.1, -0.05) is 13.3 Å². The Morgan fingerprint density at radius 1 is 1.14 bits per heavy atom. The third kappa shape index (κ3) is 3.88. The first-order chi connectivity index (χ1) is 10.2. The molecule has 2 nitrogen and oxygen atoms in total. The highest BCUT2D eigenvalue weighted by atomic mass is 19.1. The Kier molecular flexibility index (Phi) is 5.45. The molecule has 0 aliphatic carbocycles. The van der Waals surface area contributed by atoms with Crippen LogP contribution in [0.15, 0.2) is 30.3 Å². The molecule has 1 N–H and O–H groups in total. The minimum absolute atomic E-state index is 0.212. The van der Waals surface area contributed by atoms with Gasteiger partial charge < -0.3 is 5.32 Å². The molecule has 3 heteroatoms. The number of likely N-dealkylation sites (N-methyl/N-ethyl adjacent to an activating group) is 1. The molecular formula is C18H23FN2. The quantitative estimate of drug-likeness (QED) is 0.871. The summed E-state index contributed by atoms with van der Waals surface area (Å²) in [5.41, 5.74) is 5.61. The number of pyridine rings is 1. The molecule has 0 saturated carbocycles. The van der Waals surface area contributed by atoms with Gasteiger partial charge in [0.15, 0.2) is 0 Å². The number of hydrogen-bond acceptors (Lipinski definition) is 2. The highest BCUT2D eigenvalue weighted by molar-refractivity contribution is 5.64. The van der Waals surface area contributed by atoms with Gasteiger partial charge in [0.2, 0.25) is 0 Å². The van der Waals surface area contributed by atoms with Crippen molar-refractivity contribution in [2.75, 3.05) is 13.6 Å². The third-order valence-electron chi connectivity index (χ3n) is 3.70. The van der Waals surface area contributed by atoms with Crippen LogP contribution in [0, 0.1) is 12.7 Å². The first kappa shape index (κ1) is 15.6. The van der Waals surface area contributed by atoms with Gasteiger partial charge in [0, 0.05) is 24.2 Å². The summed E-state index contributed by atoms with van der Waals surface area (Å²) in [6.45, 7) is 5.20. The first-order valence-corrected chi connectivity index (χ1v) is 7.55. The fourth-order valence-electron chi connectivity index (χ4n) is 2.52. The summed E-state index contributed by atoms with van der Waals surface area (Å²) in [6.07, 6.45) is 3.07. The van der Waals surface area contributed by atoms with Crippen molar-refractivity contribution in [3.63, 3.8) is 0 Å². The van der Waals surface area contributed by atoms with Gasteiger partial charge in [-0.25, -0.2) is 4.39 Å². The molecule has 1 aromatic carbocycles. The smallest absolute Gasteiger partial charge is 0.123 e. The van der Waals surface area contributed by atoms with Gasteiger partial charge in [-0.05, 0) is 61.9 Å². The van der Waals surface area contributed by atoms with Crippen LogP contribution in [-0.2, 0) is 12.8 Å². The van der Waals surface area contributed by atoms with Crippen LogP contribution in [0.4, 0.5) is 4.39 Å². The van der Waals surface area contributed by atoms with Crippen molar-refractivity contribution in [3.05, 3.63) is 53.0 Å². The van der Waals surface area contributed by atoms with E-state index in [2.05, 4.69) is 25.2 Å². The summed E-state index contributed by atoms with van der Waals surface area (Å²) >= 11 is 0. The summed E-state index contributed by atoms with van der Waals surface area (Å²) < 4.78 is 13.1. The van der Waals surface area contributed by atoms with Crippen molar-refractivity contribution < 1.29 is 4.39 Å². The molecule has 0 aliphatic rings. The summed E-state index contributed by atoms with van der Waals surface area (Å²) in [4.78, 5) is 4.79. The highest BCUT2D eigenvalue weighted by Crippen LogP contribution is 2.26. The highest BCUT2D eigenvalue weighted by Gasteiger charge is 2.10. The molecule has 112 valence electrons. The molecular weight excluding hydrogens is 263 g/mol. The van der Waals surface area contributed by atoms with Crippen molar-refractivity contribution in [1.29, 1.82) is 0 Å². The first-order valence-electron chi connectivity index (χ1n) is 7.55. The number of rotatable bonds is 6. The molecule has 2 aromatic rings. The largest absolute Gasteiger partial charge is 0.319 e. The topological polar surface area (TPSA) is 24.9 Å². The van der Waals surface area contributed by atoms with E-state index in [1.165, 1.54) is 23.3 Å². The molecule has 0 bridgehead atoms. The van der Waals surface area contributed by atoms with E-state index in [4.69, 9.17) is 4.98 Å². The van der Waals surface area contributed by atoms with Crippen molar-refractivity contribution in [2.24, 2.45) is 0 Å². The Hall–Kier alpha value is -1.74. The number of aromatic nitrogens is 1. The molecule has 0 amide bonds. The second-order valence-corrected chi connectivity index (χ2v) is 5.36. The van der Waals surface area contributed by atoms with E-state index in [9.17, 15) is 4.39 Å². The number of aryl methyl sites for hydroxylation is 1. The zero-order chi connectivity index (χ0) is 15.2. The SMILES string of the molecule is CCCc1cc(CCNC)nc(-c2ccc(F)cc2)c1C. The van der Waals surface area contributed by atoms with Crippen molar-refractivity contribution in [2.45, 2.75) is 33.1 Å². The van der Waals surface area contributed by atoms with E-state index in [0.29, 0.717) is 0 Å². The molecule has 1 heterocycles. The van der Waals surface area contributed by atoms with Gasteiger partial charge in [-0.2, -0.15) is 0 Å². The zero-order valence-corrected chi connectivity index (χ0v) is 13.0. The van der Waals surface area contributed by atoms with Crippen LogP contribution >= 0.6 is 0 Å². The van der Waals surface area contributed by atoms with Gasteiger partial charge in [0.25, 0.3) is 0 Å². The normalized spacial score (nSPS) is 10.9. The van der Waals surface area contributed by atoms with E-state index in [0.717, 1.165) is 42.8 Å². The average molecular weight is 286 g/mol. The van der Waals surface area contributed by atoms with Crippen LogP contribution in [0.2, 0.25) is 0 Å². The number of nitrogens with one attached hydrogen (secondary N) is 1. The second kappa shape index (κ2) is 7.32. The predicted octanol–water partition coefficient (Wildman–Crippen LogP) is 3.91. The van der Waals surface area contributed by atoms with Crippen LogP contribution < -0.4 is 5.32 Å². The third-order valence-corrected chi connectivity index (χ3v) is 3.70. The van der Waals surface area contributed by atoms with E-state index in [-0.39, 0.29) is 5.82 Å². The van der Waals surface area contributed by atoms with E-state index >= 15 is 0 Å². The number of benzene rings is 1. The Bertz CT molecular complexity index is 591. The predicted molar refractivity (Wildman–Crippen MR) is 86.0 cm³/mol. The second-order valence-electron chi connectivity index (χ2n) is 5.36. The lowest BCUT2D eigenvalue weighted by Gasteiger charge is -2.13. The number of hydrogen-bond donors (Lipinski definition) is 1. The molecule has 0 radical (unpaired) electrons. The lowest BCUT2D eigenvalue weighted by atomic mass is 9.97. The van der Waals surface area contributed by atoms with Crippen LogP contribution in [0.25, 0.3) is 11.3 Å². The fraction of sp³-hybridized carbons (Fsp3) is 0.389. The van der Waals surface area contributed by atoms with Gasteiger partial charge in [-0.15, -0.1) is 0 Å². The molecule has 0 saturated heterocycles. The number of nitrogens with zero attached hydrogens (tertiary/aromatic N) is 1. The Labute approximate surface area is 126 Å². The molecule has 0 unspecified atom stereocenters. The molecule has 21 heavy (non-hydrogen) atoms. The van der Waals surface area contributed by atoms with Crippen LogP contribution in [0.3, 0.4) is 0 Å². The van der Waals surface area contributed by atoms with E-state index < -0.39 is 0 Å². The molecule has 0 atom stereocenters. The molecule has 1 aromatic heterocycles. The summed E-state index contributed by atoms with van der Waals surface area (Å²) in [6, 6.07) is 8.82. The maximum atomic E-state index is 13.1. The summed E-state index contributed by atoms with van der Waals surface area (Å²) in [7, 11) is 1.95. The Balaban J connectivity index is 2.46. The molecule has 0 fully saturated rings. The fourth-order valence-corrected chi connectivity index (χ4v) is 2.52. The van der Waals surface area contributed by atoms with Crippen molar-refractivity contribution in [1.82, 2.24) is 10.3 Å². The van der Waals surface area contributed by atoms with E-state index in [1.807, 2.05) is 19.2 Å². The van der Waals surface area contributed by atoms with Gasteiger partial charge in [0.05, 0.1) is 5.69 Å². The zero-order valence-electron chi connectivity index (χ0n) is 13.0. The number of halogens is 1. The van der Waals surface area contributed by atoms with Gasteiger partial charge in [0.1, 0.15) is 5.82 Å². The van der Waals surface area contributed by atoms with Gasteiger partial charge in [-0.3, -0.25) is 4.98 Å².